The standard InChI is InChI=1S/C21H16Cl4N4O2/c1-2-10-29(21(31)19-15(23)7-9-17(25)28-19)13-5-3-4-12(11-13)26-20(30)18-14(22)6-8-16(24)27-18/h3-9,11H,2,10H2,1H3,(H,26,30). The lowest BCUT2D eigenvalue weighted by molar-refractivity contribution is 0.0981. The number of pyridine rings is 2. The van der Waals surface area contributed by atoms with Gasteiger partial charge >= 0.3 is 0 Å². The fraction of sp³-hybridized carbons (Fsp3) is 0.143. The van der Waals surface area contributed by atoms with Crippen molar-refractivity contribution in [2.75, 3.05) is 16.8 Å². The van der Waals surface area contributed by atoms with Gasteiger partial charge in [0.15, 0.2) is 0 Å². The van der Waals surface area contributed by atoms with Crippen LogP contribution < -0.4 is 10.2 Å². The lowest BCUT2D eigenvalue weighted by Gasteiger charge is -2.23. The van der Waals surface area contributed by atoms with Crippen LogP contribution in [0.5, 0.6) is 0 Å². The lowest BCUT2D eigenvalue weighted by Crippen LogP contribution is -2.32. The van der Waals surface area contributed by atoms with E-state index in [0.29, 0.717) is 24.3 Å². The summed E-state index contributed by atoms with van der Waals surface area (Å²) in [5.74, 6) is -0.935. The molecule has 160 valence electrons. The number of anilines is 2. The number of hydrogen-bond acceptors (Lipinski definition) is 4. The molecule has 0 atom stereocenters. The molecule has 0 fully saturated rings. The number of carbonyl (C=O) groups excluding carboxylic acids is 2. The molecule has 0 radical (unpaired) electrons. The summed E-state index contributed by atoms with van der Waals surface area (Å²) in [5, 5.41) is 3.39. The number of carbonyl (C=O) groups is 2. The van der Waals surface area contributed by atoms with Crippen molar-refractivity contribution < 1.29 is 9.59 Å². The molecule has 1 aromatic carbocycles. The van der Waals surface area contributed by atoms with Gasteiger partial charge in [0.25, 0.3) is 11.8 Å². The first-order valence-corrected chi connectivity index (χ1v) is 10.7. The highest BCUT2D eigenvalue weighted by Crippen LogP contribution is 2.26. The van der Waals surface area contributed by atoms with Gasteiger partial charge in [0.05, 0.1) is 10.0 Å². The largest absolute Gasteiger partial charge is 0.321 e. The van der Waals surface area contributed by atoms with E-state index in [1.165, 1.54) is 29.2 Å². The summed E-state index contributed by atoms with van der Waals surface area (Å²) in [5.41, 5.74) is 1.04. The third-order valence-electron chi connectivity index (χ3n) is 4.15. The third-order valence-corrected chi connectivity index (χ3v) is 5.18. The summed E-state index contributed by atoms with van der Waals surface area (Å²) in [6, 6.07) is 12.8. The second kappa shape index (κ2) is 10.3. The van der Waals surface area contributed by atoms with Crippen LogP contribution in [0.1, 0.15) is 34.3 Å². The van der Waals surface area contributed by atoms with E-state index in [2.05, 4.69) is 15.3 Å². The monoisotopic (exact) mass is 496 g/mol. The normalized spacial score (nSPS) is 10.6. The highest BCUT2D eigenvalue weighted by molar-refractivity contribution is 6.36. The van der Waals surface area contributed by atoms with Gasteiger partial charge < -0.3 is 10.2 Å². The zero-order chi connectivity index (χ0) is 22.5. The van der Waals surface area contributed by atoms with E-state index in [9.17, 15) is 9.59 Å². The van der Waals surface area contributed by atoms with E-state index in [1.54, 1.807) is 24.3 Å². The molecule has 0 bridgehead atoms. The Morgan fingerprint density at radius 3 is 2.16 bits per heavy atom. The first kappa shape index (κ1) is 23.3. The van der Waals surface area contributed by atoms with Crippen molar-refractivity contribution in [1.82, 2.24) is 9.97 Å². The van der Waals surface area contributed by atoms with Crippen LogP contribution in [-0.2, 0) is 0 Å². The molecule has 3 aromatic rings. The van der Waals surface area contributed by atoms with Gasteiger partial charge in [0.1, 0.15) is 21.7 Å². The van der Waals surface area contributed by atoms with Crippen LogP contribution in [0.15, 0.2) is 48.5 Å². The Labute approximate surface area is 199 Å². The Balaban J connectivity index is 1.90. The van der Waals surface area contributed by atoms with Gasteiger partial charge in [-0.2, -0.15) is 0 Å². The molecule has 2 heterocycles. The molecule has 0 spiro atoms. The van der Waals surface area contributed by atoms with Crippen LogP contribution in [0.25, 0.3) is 0 Å². The van der Waals surface area contributed by atoms with Crippen LogP contribution in [-0.4, -0.2) is 28.3 Å². The van der Waals surface area contributed by atoms with Crippen molar-refractivity contribution in [1.29, 1.82) is 0 Å². The Kier molecular flexibility index (Phi) is 7.73. The Hall–Kier alpha value is -2.38. The Bertz CT molecular complexity index is 1140. The smallest absolute Gasteiger partial charge is 0.278 e. The van der Waals surface area contributed by atoms with E-state index in [-0.39, 0.29) is 31.7 Å². The summed E-state index contributed by atoms with van der Waals surface area (Å²) in [7, 11) is 0. The SMILES string of the molecule is CCCN(C(=O)c1nc(Cl)ccc1Cl)c1cccc(NC(=O)c2nc(Cl)ccc2Cl)c1. The molecule has 0 aliphatic carbocycles. The molecule has 31 heavy (non-hydrogen) atoms. The van der Waals surface area contributed by atoms with Crippen molar-refractivity contribution >= 4 is 69.6 Å². The fourth-order valence-electron chi connectivity index (χ4n) is 2.79. The molecule has 3 rings (SSSR count). The minimum Gasteiger partial charge on any atom is -0.321 e. The van der Waals surface area contributed by atoms with Crippen molar-refractivity contribution in [2.45, 2.75) is 13.3 Å². The molecule has 0 aliphatic heterocycles. The number of nitrogens with one attached hydrogen (secondary N) is 1. The molecule has 0 saturated carbocycles. The number of nitrogens with zero attached hydrogens (tertiary/aromatic N) is 3. The molecule has 10 heteroatoms. The van der Waals surface area contributed by atoms with Gasteiger partial charge in [-0.3, -0.25) is 9.59 Å². The number of benzene rings is 1. The third kappa shape index (κ3) is 5.66. The van der Waals surface area contributed by atoms with Crippen LogP contribution in [0.2, 0.25) is 20.4 Å². The lowest BCUT2D eigenvalue weighted by atomic mass is 10.2. The zero-order valence-corrected chi connectivity index (χ0v) is 19.2. The van der Waals surface area contributed by atoms with Gasteiger partial charge in [-0.1, -0.05) is 59.4 Å². The van der Waals surface area contributed by atoms with Gasteiger partial charge in [0.2, 0.25) is 0 Å². The van der Waals surface area contributed by atoms with Crippen molar-refractivity contribution in [3.63, 3.8) is 0 Å². The van der Waals surface area contributed by atoms with Crippen LogP contribution in [0.4, 0.5) is 11.4 Å². The zero-order valence-electron chi connectivity index (χ0n) is 16.2. The summed E-state index contributed by atoms with van der Waals surface area (Å²) < 4.78 is 0. The molecule has 0 saturated heterocycles. The van der Waals surface area contributed by atoms with Crippen molar-refractivity contribution in [2.24, 2.45) is 0 Å². The topological polar surface area (TPSA) is 75.2 Å². The first-order valence-electron chi connectivity index (χ1n) is 9.17. The number of aromatic nitrogens is 2. The summed E-state index contributed by atoms with van der Waals surface area (Å²) in [6.45, 7) is 2.34. The average Bonchev–Trinajstić information content (AvgIpc) is 2.75. The van der Waals surface area contributed by atoms with E-state index >= 15 is 0 Å². The fourth-order valence-corrected chi connectivity index (χ4v) is 3.46. The van der Waals surface area contributed by atoms with Crippen molar-refractivity contribution in [3.05, 3.63) is 80.3 Å². The van der Waals surface area contributed by atoms with Crippen LogP contribution in [0, 0.1) is 0 Å². The van der Waals surface area contributed by atoms with E-state index in [4.69, 9.17) is 46.4 Å². The minimum atomic E-state index is -0.530. The van der Waals surface area contributed by atoms with Gasteiger partial charge in [-0.25, -0.2) is 9.97 Å². The van der Waals surface area contributed by atoms with E-state index in [1.807, 2.05) is 6.92 Å². The summed E-state index contributed by atoms with van der Waals surface area (Å²) in [6.07, 6.45) is 0.683. The van der Waals surface area contributed by atoms with E-state index < -0.39 is 11.8 Å². The highest BCUT2D eigenvalue weighted by atomic mass is 35.5. The highest BCUT2D eigenvalue weighted by Gasteiger charge is 2.22. The Morgan fingerprint density at radius 1 is 0.903 bits per heavy atom. The van der Waals surface area contributed by atoms with Crippen LogP contribution in [0.3, 0.4) is 0 Å². The molecule has 2 aromatic heterocycles. The molecular weight excluding hydrogens is 482 g/mol. The number of hydrogen-bond donors (Lipinski definition) is 1. The molecule has 0 aliphatic rings. The summed E-state index contributed by atoms with van der Waals surface area (Å²) >= 11 is 24.0. The van der Waals surface area contributed by atoms with Gasteiger partial charge in [-0.15, -0.1) is 0 Å². The van der Waals surface area contributed by atoms with Gasteiger partial charge in [0, 0.05) is 17.9 Å². The van der Waals surface area contributed by atoms with Crippen molar-refractivity contribution in [3.8, 4) is 0 Å². The molecular formula is C21H16Cl4N4O2. The predicted molar refractivity (Wildman–Crippen MR) is 125 cm³/mol. The number of amides is 2. The number of halogens is 4. The molecule has 1 N–H and O–H groups in total. The molecule has 6 nitrogen and oxygen atoms in total. The van der Waals surface area contributed by atoms with Gasteiger partial charge in [-0.05, 0) is 48.9 Å². The van der Waals surface area contributed by atoms with E-state index in [0.717, 1.165) is 0 Å². The maximum Gasteiger partial charge on any atom is 0.278 e. The summed E-state index contributed by atoms with van der Waals surface area (Å²) in [4.78, 5) is 35.3. The average molecular weight is 498 g/mol. The Morgan fingerprint density at radius 2 is 1.52 bits per heavy atom. The van der Waals surface area contributed by atoms with Crippen LogP contribution >= 0.6 is 46.4 Å². The minimum absolute atomic E-state index is 0.00373. The second-order valence-electron chi connectivity index (χ2n) is 6.39. The number of rotatable bonds is 6. The predicted octanol–water partition coefficient (Wildman–Crippen LogP) is 6.40. The molecule has 0 unspecified atom stereocenters. The quantitative estimate of drug-likeness (QED) is 0.400. The maximum atomic E-state index is 13.1. The maximum absolute atomic E-state index is 13.1. The molecule has 2 amide bonds. The second-order valence-corrected chi connectivity index (χ2v) is 7.98. The first-order chi connectivity index (χ1) is 14.8.